The Morgan fingerprint density at radius 1 is 1.20 bits per heavy atom. The molecule has 1 amide bonds. The van der Waals surface area contributed by atoms with E-state index in [0.29, 0.717) is 10.6 Å². The van der Waals surface area contributed by atoms with Gasteiger partial charge in [0.1, 0.15) is 15.6 Å². The number of hydrogen-bond donors (Lipinski definition) is 1. The number of hydrogen-bond acceptors (Lipinski definition) is 6. The number of ether oxygens (including phenoxy) is 1. The van der Waals surface area contributed by atoms with Gasteiger partial charge in [0, 0.05) is 22.6 Å². The van der Waals surface area contributed by atoms with Crippen LogP contribution < -0.4 is 5.32 Å². The van der Waals surface area contributed by atoms with E-state index in [-0.39, 0.29) is 21.8 Å². The van der Waals surface area contributed by atoms with Gasteiger partial charge >= 0.3 is 5.97 Å². The van der Waals surface area contributed by atoms with E-state index in [2.05, 4.69) is 5.32 Å². The molecule has 1 aromatic heterocycles. The van der Waals surface area contributed by atoms with Crippen molar-refractivity contribution < 1.29 is 19.2 Å². The average Bonchev–Trinajstić information content (AvgIpc) is 3.16. The Bertz CT molecular complexity index is 1120. The zero-order valence-electron chi connectivity index (χ0n) is 16.1. The van der Waals surface area contributed by atoms with Crippen LogP contribution in [0.15, 0.2) is 47.8 Å². The monoisotopic (exact) mass is 444 g/mol. The quantitative estimate of drug-likeness (QED) is 0.304. The third-order valence-electron chi connectivity index (χ3n) is 4.49. The Morgan fingerprint density at radius 3 is 2.50 bits per heavy atom. The van der Waals surface area contributed by atoms with Crippen molar-refractivity contribution in [2.45, 2.75) is 13.3 Å². The second-order valence-corrected chi connectivity index (χ2v) is 7.56. The lowest BCUT2D eigenvalue weighted by Crippen LogP contribution is -2.14. The minimum atomic E-state index is -0.664. The van der Waals surface area contributed by atoms with Crippen LogP contribution in [-0.2, 0) is 11.2 Å². The van der Waals surface area contributed by atoms with Crippen molar-refractivity contribution >= 4 is 45.5 Å². The number of amides is 1. The highest BCUT2D eigenvalue weighted by molar-refractivity contribution is 7.15. The highest BCUT2D eigenvalue weighted by Crippen LogP contribution is 2.37. The summed E-state index contributed by atoms with van der Waals surface area (Å²) < 4.78 is 4.91. The van der Waals surface area contributed by atoms with E-state index in [4.69, 9.17) is 16.3 Å². The number of carbonyl (C=O) groups excluding carboxylic acids is 2. The van der Waals surface area contributed by atoms with Crippen LogP contribution in [0.25, 0.3) is 11.1 Å². The van der Waals surface area contributed by atoms with Crippen molar-refractivity contribution in [1.82, 2.24) is 0 Å². The lowest BCUT2D eigenvalue weighted by Gasteiger charge is -2.08. The van der Waals surface area contributed by atoms with Crippen molar-refractivity contribution in [3.05, 3.63) is 79.7 Å². The van der Waals surface area contributed by atoms with Gasteiger partial charge in [0.15, 0.2) is 0 Å². The number of rotatable bonds is 6. The summed E-state index contributed by atoms with van der Waals surface area (Å²) in [6.45, 7) is 2.05. The first-order chi connectivity index (χ1) is 14.3. The van der Waals surface area contributed by atoms with Crippen molar-refractivity contribution in [3.8, 4) is 11.1 Å². The molecule has 0 bridgehead atoms. The number of benzene rings is 2. The third-order valence-corrected chi connectivity index (χ3v) is 5.70. The lowest BCUT2D eigenvalue weighted by molar-refractivity contribution is -0.384. The molecule has 0 fully saturated rings. The molecule has 0 spiro atoms. The van der Waals surface area contributed by atoms with E-state index >= 15 is 0 Å². The average molecular weight is 445 g/mol. The van der Waals surface area contributed by atoms with E-state index in [0.717, 1.165) is 23.6 Å². The predicted octanol–water partition coefficient (Wildman–Crippen LogP) is 5.58. The number of thiophene rings is 1. The number of aryl methyl sites for hydroxylation is 1. The first-order valence-corrected chi connectivity index (χ1v) is 10.2. The topological polar surface area (TPSA) is 98.5 Å². The molecule has 9 heteroatoms. The predicted molar refractivity (Wildman–Crippen MR) is 117 cm³/mol. The Morgan fingerprint density at radius 2 is 1.90 bits per heavy atom. The fourth-order valence-corrected chi connectivity index (χ4v) is 4.00. The molecular weight excluding hydrogens is 428 g/mol. The number of methoxy groups -OCH3 is 1. The number of esters is 1. The van der Waals surface area contributed by atoms with Crippen LogP contribution in [0.1, 0.15) is 33.2 Å². The van der Waals surface area contributed by atoms with Gasteiger partial charge < -0.3 is 10.1 Å². The first kappa shape index (κ1) is 21.5. The van der Waals surface area contributed by atoms with Crippen LogP contribution in [0.3, 0.4) is 0 Å². The largest absolute Gasteiger partial charge is 0.465 e. The van der Waals surface area contributed by atoms with Crippen LogP contribution in [-0.4, -0.2) is 23.9 Å². The molecule has 0 aliphatic heterocycles. The molecule has 0 atom stereocenters. The molecule has 7 nitrogen and oxygen atoms in total. The van der Waals surface area contributed by atoms with Gasteiger partial charge in [-0.1, -0.05) is 42.8 Å². The zero-order valence-corrected chi connectivity index (χ0v) is 17.7. The van der Waals surface area contributed by atoms with Gasteiger partial charge in [0.05, 0.1) is 12.0 Å². The van der Waals surface area contributed by atoms with Gasteiger partial charge in [0.25, 0.3) is 11.6 Å². The van der Waals surface area contributed by atoms with Crippen molar-refractivity contribution in [2.24, 2.45) is 0 Å². The van der Waals surface area contributed by atoms with Crippen LogP contribution in [0.2, 0.25) is 5.02 Å². The first-order valence-electron chi connectivity index (χ1n) is 8.90. The summed E-state index contributed by atoms with van der Waals surface area (Å²) in [7, 11) is 1.26. The lowest BCUT2D eigenvalue weighted by atomic mass is 10.0. The number of nitrogens with one attached hydrogen (secondary N) is 1. The fraction of sp³-hybridized carbons (Fsp3) is 0.143. The van der Waals surface area contributed by atoms with Gasteiger partial charge in [-0.15, -0.1) is 11.3 Å². The summed E-state index contributed by atoms with van der Waals surface area (Å²) in [5.41, 5.74) is 2.50. The van der Waals surface area contributed by atoms with Crippen molar-refractivity contribution in [1.29, 1.82) is 0 Å². The molecule has 0 radical (unpaired) electrons. The van der Waals surface area contributed by atoms with E-state index in [9.17, 15) is 19.7 Å². The van der Waals surface area contributed by atoms with Crippen LogP contribution >= 0.6 is 22.9 Å². The molecule has 1 N–H and O–H groups in total. The smallest absolute Gasteiger partial charge is 0.341 e. The summed E-state index contributed by atoms with van der Waals surface area (Å²) in [6.07, 6.45) is 0.891. The SMILES string of the molecule is CCc1ccc(-c2csc(NC(=O)c3ccc(Cl)c([N+](=O)[O-])c3)c2C(=O)OC)cc1. The Balaban J connectivity index is 1.97. The zero-order chi connectivity index (χ0) is 21.8. The summed E-state index contributed by atoms with van der Waals surface area (Å²) in [6, 6.07) is 11.5. The second-order valence-electron chi connectivity index (χ2n) is 6.27. The maximum atomic E-state index is 12.7. The number of nitro benzene ring substituents is 1. The maximum Gasteiger partial charge on any atom is 0.341 e. The molecule has 3 rings (SSSR count). The number of halogens is 1. The van der Waals surface area contributed by atoms with E-state index < -0.39 is 16.8 Å². The molecule has 0 unspecified atom stereocenters. The van der Waals surface area contributed by atoms with Gasteiger partial charge in [-0.2, -0.15) is 0 Å². The molecule has 0 saturated carbocycles. The summed E-state index contributed by atoms with van der Waals surface area (Å²) in [5, 5.41) is 15.7. The molecule has 0 aliphatic carbocycles. The Hall–Kier alpha value is -3.23. The second kappa shape index (κ2) is 9.06. The molecular formula is C21H17ClN2O5S. The summed E-state index contributed by atoms with van der Waals surface area (Å²) in [4.78, 5) is 35.5. The molecule has 2 aromatic carbocycles. The number of nitrogens with zero attached hydrogens (tertiary/aromatic N) is 1. The van der Waals surface area contributed by atoms with E-state index in [1.165, 1.54) is 30.6 Å². The molecule has 1 heterocycles. The van der Waals surface area contributed by atoms with Gasteiger partial charge in [-0.05, 0) is 29.7 Å². The van der Waals surface area contributed by atoms with Gasteiger partial charge in [0.2, 0.25) is 0 Å². The summed E-state index contributed by atoms with van der Waals surface area (Å²) in [5.74, 6) is -1.20. The number of anilines is 1. The van der Waals surface area contributed by atoms with Crippen LogP contribution in [0.5, 0.6) is 0 Å². The third kappa shape index (κ3) is 4.34. The minimum absolute atomic E-state index is 0.0455. The normalized spacial score (nSPS) is 10.5. The van der Waals surface area contributed by atoms with Crippen LogP contribution in [0, 0.1) is 10.1 Å². The van der Waals surface area contributed by atoms with Crippen LogP contribution in [0.4, 0.5) is 10.7 Å². The molecule has 154 valence electrons. The molecule has 3 aromatic rings. The summed E-state index contributed by atoms with van der Waals surface area (Å²) >= 11 is 6.97. The fourth-order valence-electron chi connectivity index (χ4n) is 2.86. The number of carbonyl (C=O) groups is 2. The molecule has 0 saturated heterocycles. The standard InChI is InChI=1S/C21H17ClN2O5S/c1-3-12-4-6-13(7-5-12)15-11-30-20(18(15)21(26)29-2)23-19(25)14-8-9-16(22)17(10-14)24(27)28/h4-11H,3H2,1-2H3,(H,23,25). The van der Waals surface area contributed by atoms with Crippen molar-refractivity contribution in [3.63, 3.8) is 0 Å². The molecule has 0 aliphatic rings. The van der Waals surface area contributed by atoms with Crippen molar-refractivity contribution in [2.75, 3.05) is 12.4 Å². The minimum Gasteiger partial charge on any atom is -0.465 e. The Labute approximate surface area is 181 Å². The molecule has 30 heavy (non-hydrogen) atoms. The van der Waals surface area contributed by atoms with E-state index in [1.54, 1.807) is 5.38 Å². The van der Waals surface area contributed by atoms with Gasteiger partial charge in [-0.3, -0.25) is 14.9 Å². The van der Waals surface area contributed by atoms with E-state index in [1.807, 2.05) is 31.2 Å². The maximum absolute atomic E-state index is 12.7. The number of nitro groups is 1. The highest BCUT2D eigenvalue weighted by atomic mass is 35.5. The Kier molecular flexibility index (Phi) is 6.49. The highest BCUT2D eigenvalue weighted by Gasteiger charge is 2.23. The van der Waals surface area contributed by atoms with Gasteiger partial charge in [-0.25, -0.2) is 4.79 Å².